The topological polar surface area (TPSA) is 8.29 Å². The van der Waals surface area contributed by atoms with E-state index in [1.807, 2.05) is 0 Å². The van der Waals surface area contributed by atoms with E-state index in [0.29, 0.717) is 0 Å². The van der Waals surface area contributed by atoms with Crippen LogP contribution >= 0.6 is 0 Å². The first kappa shape index (κ1) is 11.1. The molecule has 0 saturated heterocycles. The van der Waals surface area contributed by atoms with Crippen molar-refractivity contribution in [2.75, 3.05) is 0 Å². The minimum atomic E-state index is 1.27. The number of pyridine rings is 2. The lowest BCUT2D eigenvalue weighted by Gasteiger charge is -2.12. The second-order valence-corrected chi connectivity index (χ2v) is 5.90. The summed E-state index contributed by atoms with van der Waals surface area (Å²) in [4.78, 5) is 0. The Morgan fingerprint density at radius 3 is 2.62 bits per heavy atom. The molecule has 0 aliphatic carbocycles. The molecule has 2 heteroatoms. The minimum absolute atomic E-state index is 1.27. The zero-order valence-corrected chi connectivity index (χ0v) is 12.1. The van der Waals surface area contributed by atoms with E-state index in [1.54, 1.807) is 0 Å². The highest BCUT2D eigenvalue weighted by atomic mass is 15.0. The smallest absolute Gasteiger partial charge is 0.237 e. The fraction of sp³-hybridized carbons (Fsp3) is 0.105. The highest BCUT2D eigenvalue weighted by Crippen LogP contribution is 2.36. The second-order valence-electron chi connectivity index (χ2n) is 5.90. The van der Waals surface area contributed by atoms with Crippen LogP contribution in [0.1, 0.15) is 5.56 Å². The zero-order valence-electron chi connectivity index (χ0n) is 12.1. The van der Waals surface area contributed by atoms with E-state index in [4.69, 9.17) is 0 Å². The van der Waals surface area contributed by atoms with Gasteiger partial charge < -0.3 is 4.40 Å². The number of nitrogens with zero attached hydrogens (tertiary/aromatic N) is 2. The summed E-state index contributed by atoms with van der Waals surface area (Å²) < 4.78 is 4.57. The summed E-state index contributed by atoms with van der Waals surface area (Å²) in [6.45, 7) is 2.21. The van der Waals surface area contributed by atoms with Crippen molar-refractivity contribution >= 4 is 38.1 Å². The third-order valence-electron chi connectivity index (χ3n) is 4.70. The van der Waals surface area contributed by atoms with Crippen molar-refractivity contribution in [3.05, 3.63) is 60.4 Å². The molecule has 3 heterocycles. The maximum absolute atomic E-state index is 2.33. The number of aromatic nitrogens is 2. The predicted octanol–water partition coefficient (Wildman–Crippen LogP) is 3.97. The number of benzene rings is 2. The molecule has 0 amide bonds. The van der Waals surface area contributed by atoms with Crippen molar-refractivity contribution in [3.8, 4) is 0 Å². The van der Waals surface area contributed by atoms with Gasteiger partial charge in [0.05, 0.1) is 10.9 Å². The summed E-state index contributed by atoms with van der Waals surface area (Å²) in [6.07, 6.45) is 4.32. The van der Waals surface area contributed by atoms with E-state index in [-0.39, 0.29) is 0 Å². The third kappa shape index (κ3) is 1.21. The number of hydrogen-bond donors (Lipinski definition) is 0. The Bertz CT molecular complexity index is 1150. The molecule has 2 nitrogen and oxygen atoms in total. The Morgan fingerprint density at radius 1 is 0.905 bits per heavy atom. The third-order valence-corrected chi connectivity index (χ3v) is 4.70. The van der Waals surface area contributed by atoms with Crippen LogP contribution in [0.4, 0.5) is 0 Å². The first-order valence-corrected chi connectivity index (χ1v) is 7.28. The molecule has 0 aliphatic rings. The van der Waals surface area contributed by atoms with Crippen molar-refractivity contribution in [2.24, 2.45) is 7.05 Å². The van der Waals surface area contributed by atoms with Crippen LogP contribution in [-0.4, -0.2) is 4.40 Å². The first-order valence-electron chi connectivity index (χ1n) is 7.28. The van der Waals surface area contributed by atoms with Crippen molar-refractivity contribution < 1.29 is 4.57 Å². The molecule has 0 bridgehead atoms. The molecule has 0 fully saturated rings. The van der Waals surface area contributed by atoms with Gasteiger partial charge in [-0.25, -0.2) is 0 Å². The Morgan fingerprint density at radius 2 is 1.71 bits per heavy atom. The highest BCUT2D eigenvalue weighted by molar-refractivity contribution is 6.22. The molecule has 0 unspecified atom stereocenters. The lowest BCUT2D eigenvalue weighted by molar-refractivity contribution is -0.644. The number of fused-ring (bicyclic) bond motifs is 3. The fourth-order valence-electron chi connectivity index (χ4n) is 3.75. The normalized spacial score (nSPS) is 12.3. The minimum Gasteiger partial charge on any atom is -0.310 e. The molecule has 3 aromatic heterocycles. The predicted molar refractivity (Wildman–Crippen MR) is 87.0 cm³/mol. The van der Waals surface area contributed by atoms with E-state index in [1.165, 1.54) is 43.7 Å². The molecule has 0 aliphatic heterocycles. The fourth-order valence-corrected chi connectivity index (χ4v) is 3.75. The summed E-state index contributed by atoms with van der Waals surface area (Å²) in [6, 6.07) is 15.5. The van der Waals surface area contributed by atoms with Crippen molar-refractivity contribution in [1.29, 1.82) is 0 Å². The second kappa shape index (κ2) is 3.53. The zero-order chi connectivity index (χ0) is 14.1. The largest absolute Gasteiger partial charge is 0.310 e. The molecule has 100 valence electrons. The van der Waals surface area contributed by atoms with Gasteiger partial charge >= 0.3 is 0 Å². The highest BCUT2D eigenvalue weighted by Gasteiger charge is 2.19. The van der Waals surface area contributed by atoms with Crippen LogP contribution in [0.25, 0.3) is 38.1 Å². The summed E-state index contributed by atoms with van der Waals surface area (Å²) >= 11 is 0. The van der Waals surface area contributed by atoms with Crippen LogP contribution in [0.15, 0.2) is 54.9 Å². The number of hydrogen-bond acceptors (Lipinski definition) is 0. The molecule has 0 spiro atoms. The number of rotatable bonds is 0. The average molecular weight is 271 g/mol. The summed E-state index contributed by atoms with van der Waals surface area (Å²) in [7, 11) is 2.13. The van der Waals surface area contributed by atoms with Gasteiger partial charge in [0.1, 0.15) is 12.6 Å². The maximum Gasteiger partial charge on any atom is 0.237 e. The van der Waals surface area contributed by atoms with Crippen LogP contribution < -0.4 is 4.57 Å². The standard InChI is InChI=1S/C19H15N2/c1-12-5-6-13-7-8-14-9-11-21-15-4-3-10-20(2)19(15)16(12)17(13)18(14)21/h3-11H,1-2H3/q+1. The van der Waals surface area contributed by atoms with Crippen LogP contribution in [0.5, 0.6) is 0 Å². The monoisotopic (exact) mass is 271 g/mol. The van der Waals surface area contributed by atoms with Gasteiger partial charge in [-0.2, -0.15) is 4.57 Å². The SMILES string of the molecule is Cc1ccc2ccc3ccn4c5ccc[n+](C)c5c1c2c34. The average Bonchev–Trinajstić information content (AvgIpc) is 2.93. The molecule has 21 heavy (non-hydrogen) atoms. The van der Waals surface area contributed by atoms with Crippen molar-refractivity contribution in [3.63, 3.8) is 0 Å². The van der Waals surface area contributed by atoms with Crippen LogP contribution in [-0.2, 0) is 7.05 Å². The van der Waals surface area contributed by atoms with Gasteiger partial charge in [-0.05, 0) is 30.0 Å². The molecule has 0 N–H and O–H groups in total. The summed E-state index contributed by atoms with van der Waals surface area (Å²) in [5.74, 6) is 0. The molecular formula is C19H15N2+. The lowest BCUT2D eigenvalue weighted by atomic mass is 9.97. The van der Waals surface area contributed by atoms with Crippen LogP contribution in [0.2, 0.25) is 0 Å². The molecule has 2 aromatic carbocycles. The van der Waals surface area contributed by atoms with E-state index >= 15 is 0 Å². The maximum atomic E-state index is 2.33. The van der Waals surface area contributed by atoms with Gasteiger partial charge in [0.2, 0.25) is 5.52 Å². The summed E-state index contributed by atoms with van der Waals surface area (Å²) in [5.41, 5.74) is 5.25. The van der Waals surface area contributed by atoms with Crippen LogP contribution in [0, 0.1) is 6.92 Å². The Labute approximate surface area is 122 Å². The Hall–Kier alpha value is -2.61. The van der Waals surface area contributed by atoms with E-state index < -0.39 is 0 Å². The van der Waals surface area contributed by atoms with E-state index in [9.17, 15) is 0 Å². The van der Waals surface area contributed by atoms with Gasteiger partial charge in [-0.15, -0.1) is 0 Å². The number of aryl methyl sites for hydroxylation is 2. The molecule has 5 rings (SSSR count). The van der Waals surface area contributed by atoms with Gasteiger partial charge in [0.25, 0.3) is 0 Å². The van der Waals surface area contributed by atoms with Crippen LogP contribution in [0.3, 0.4) is 0 Å². The molecule has 5 aromatic rings. The molecule has 0 saturated carbocycles. The molecular weight excluding hydrogens is 256 g/mol. The summed E-state index contributed by atoms with van der Waals surface area (Å²) in [5, 5.41) is 5.39. The van der Waals surface area contributed by atoms with Gasteiger partial charge in [-0.3, -0.25) is 0 Å². The quantitative estimate of drug-likeness (QED) is 0.229. The first-order chi connectivity index (χ1) is 10.3. The van der Waals surface area contributed by atoms with E-state index in [0.717, 1.165) is 0 Å². The van der Waals surface area contributed by atoms with Gasteiger partial charge in [0.15, 0.2) is 6.20 Å². The lowest BCUT2D eigenvalue weighted by Crippen LogP contribution is -2.28. The Kier molecular flexibility index (Phi) is 1.86. The van der Waals surface area contributed by atoms with Gasteiger partial charge in [0, 0.05) is 23.0 Å². The molecule has 0 radical (unpaired) electrons. The Balaban J connectivity index is 2.34. The van der Waals surface area contributed by atoms with E-state index in [2.05, 4.69) is 77.8 Å². The molecule has 0 atom stereocenters. The van der Waals surface area contributed by atoms with Crippen molar-refractivity contribution in [2.45, 2.75) is 6.92 Å². The van der Waals surface area contributed by atoms with Crippen molar-refractivity contribution in [1.82, 2.24) is 4.40 Å². The van der Waals surface area contributed by atoms with Gasteiger partial charge in [-0.1, -0.05) is 24.3 Å².